The number of hydrogen-bond acceptors (Lipinski definition) is 6. The first-order valence-corrected chi connectivity index (χ1v) is 9.25. The van der Waals surface area contributed by atoms with E-state index >= 15 is 4.39 Å². The van der Waals surface area contributed by atoms with Gasteiger partial charge in [0.2, 0.25) is 5.88 Å². The third-order valence-electron chi connectivity index (χ3n) is 5.25. The zero-order valence-electron chi connectivity index (χ0n) is 15.7. The maximum atomic E-state index is 15.3. The lowest BCUT2D eigenvalue weighted by Crippen LogP contribution is -2.26. The second-order valence-corrected chi connectivity index (χ2v) is 6.93. The third-order valence-corrected chi connectivity index (χ3v) is 5.25. The second kappa shape index (κ2) is 7.01. The number of halogens is 1. The Morgan fingerprint density at radius 3 is 2.67 bits per heavy atom. The molecule has 5 rings (SSSR count). The van der Waals surface area contributed by atoms with E-state index in [2.05, 4.69) is 16.0 Å². The monoisotopic (exact) mass is 398 g/mol. The van der Waals surface area contributed by atoms with Gasteiger partial charge in [-0.25, -0.2) is 14.4 Å². The molecule has 6 nitrogen and oxygen atoms in total. The normalized spacial score (nSPS) is 17.4. The van der Waals surface area contributed by atoms with Crippen molar-refractivity contribution >= 4 is 5.76 Å². The van der Waals surface area contributed by atoms with Crippen molar-refractivity contribution in [2.45, 2.75) is 5.92 Å². The first-order valence-electron chi connectivity index (χ1n) is 9.25. The van der Waals surface area contributed by atoms with Crippen molar-refractivity contribution in [3.63, 3.8) is 0 Å². The predicted octanol–water partition coefficient (Wildman–Crippen LogP) is 3.89. The summed E-state index contributed by atoms with van der Waals surface area (Å²) in [5.41, 5.74) is 9.28. The van der Waals surface area contributed by atoms with Crippen LogP contribution in [-0.4, -0.2) is 16.6 Å². The molecule has 0 radical (unpaired) electrons. The Kier molecular flexibility index (Phi) is 4.18. The number of fused-ring (bicyclic) bond motifs is 2. The first kappa shape index (κ1) is 17.9. The average Bonchev–Trinajstić information content (AvgIpc) is 2.79. The minimum Gasteiger partial charge on any atom is -0.488 e. The van der Waals surface area contributed by atoms with Crippen LogP contribution < -0.4 is 10.5 Å². The molecule has 30 heavy (non-hydrogen) atoms. The summed E-state index contributed by atoms with van der Waals surface area (Å²) >= 11 is 0. The standard InChI is InChI=1S/C23H15FN4O2/c24-19-7-13(14-9-27-12-28-10-14)5-6-15(19)21-17(8-25)23(26)30-22-16-3-1-2-4-20(16)29-11-18(21)22/h1-7,9-10,12,21H,11,26H2. The highest BCUT2D eigenvalue weighted by molar-refractivity contribution is 5.76. The lowest BCUT2D eigenvalue weighted by atomic mass is 9.81. The number of nitriles is 1. The first-order chi connectivity index (χ1) is 14.7. The predicted molar refractivity (Wildman–Crippen MR) is 107 cm³/mol. The average molecular weight is 398 g/mol. The summed E-state index contributed by atoms with van der Waals surface area (Å²) in [4.78, 5) is 7.94. The lowest BCUT2D eigenvalue weighted by Gasteiger charge is -2.33. The number of para-hydroxylation sites is 1. The summed E-state index contributed by atoms with van der Waals surface area (Å²) in [6, 6.07) is 14.3. The number of ether oxygens (including phenoxy) is 2. The van der Waals surface area contributed by atoms with E-state index in [1.807, 2.05) is 24.3 Å². The van der Waals surface area contributed by atoms with Gasteiger partial charge in [0.05, 0.1) is 11.5 Å². The van der Waals surface area contributed by atoms with Gasteiger partial charge in [0, 0.05) is 29.1 Å². The van der Waals surface area contributed by atoms with Crippen molar-refractivity contribution in [2.75, 3.05) is 6.61 Å². The van der Waals surface area contributed by atoms with Crippen LogP contribution in [-0.2, 0) is 4.74 Å². The van der Waals surface area contributed by atoms with Gasteiger partial charge in [-0.15, -0.1) is 0 Å². The van der Waals surface area contributed by atoms with Crippen LogP contribution in [0, 0.1) is 17.1 Å². The molecule has 0 fully saturated rings. The summed E-state index contributed by atoms with van der Waals surface area (Å²) in [5, 5.41) is 9.73. The molecule has 0 bridgehead atoms. The fourth-order valence-electron chi connectivity index (χ4n) is 3.84. The Bertz CT molecular complexity index is 1260. The lowest BCUT2D eigenvalue weighted by molar-refractivity contribution is 0.293. The molecule has 7 heteroatoms. The zero-order valence-corrected chi connectivity index (χ0v) is 15.7. The maximum Gasteiger partial charge on any atom is 0.205 e. The second-order valence-electron chi connectivity index (χ2n) is 6.93. The molecule has 1 aromatic heterocycles. The van der Waals surface area contributed by atoms with Crippen molar-refractivity contribution < 1.29 is 13.9 Å². The SMILES string of the molecule is N#CC1=C(N)OC2=C(COc3ccccc32)C1c1ccc(-c2cncnc2)cc1F. The van der Waals surface area contributed by atoms with Crippen molar-refractivity contribution in [2.24, 2.45) is 5.73 Å². The van der Waals surface area contributed by atoms with Crippen LogP contribution in [0.25, 0.3) is 16.9 Å². The summed E-state index contributed by atoms with van der Waals surface area (Å²) in [5.74, 6) is -0.0260. The Balaban J connectivity index is 1.66. The highest BCUT2D eigenvalue weighted by Crippen LogP contribution is 2.47. The summed E-state index contributed by atoms with van der Waals surface area (Å²) < 4.78 is 27.0. The molecule has 2 aromatic carbocycles. The van der Waals surface area contributed by atoms with Crippen LogP contribution in [0.1, 0.15) is 17.0 Å². The largest absolute Gasteiger partial charge is 0.488 e. The molecule has 2 aliphatic rings. The van der Waals surface area contributed by atoms with Crippen LogP contribution in [0.4, 0.5) is 4.39 Å². The number of aromatic nitrogens is 2. The smallest absolute Gasteiger partial charge is 0.205 e. The van der Waals surface area contributed by atoms with E-state index in [0.29, 0.717) is 33.8 Å². The van der Waals surface area contributed by atoms with Crippen LogP contribution >= 0.6 is 0 Å². The number of hydrogen-bond donors (Lipinski definition) is 1. The maximum absolute atomic E-state index is 15.3. The summed E-state index contributed by atoms with van der Waals surface area (Å²) in [7, 11) is 0. The third kappa shape index (κ3) is 2.78. The summed E-state index contributed by atoms with van der Waals surface area (Å²) in [6.45, 7) is 0.170. The van der Waals surface area contributed by atoms with Gasteiger partial charge in [0.15, 0.2) is 0 Å². The van der Waals surface area contributed by atoms with Crippen molar-refractivity contribution in [1.82, 2.24) is 9.97 Å². The topological polar surface area (TPSA) is 94.1 Å². The number of rotatable bonds is 2. The molecule has 146 valence electrons. The van der Waals surface area contributed by atoms with E-state index in [4.69, 9.17) is 15.2 Å². The zero-order chi connectivity index (χ0) is 20.7. The van der Waals surface area contributed by atoms with Gasteiger partial charge in [0.1, 0.15) is 41.9 Å². The minimum absolute atomic E-state index is 0.0297. The number of nitrogens with two attached hydrogens (primary N) is 1. The molecule has 1 atom stereocenters. The molecule has 3 aromatic rings. The highest BCUT2D eigenvalue weighted by atomic mass is 19.1. The van der Waals surface area contributed by atoms with Crippen molar-refractivity contribution in [3.05, 3.63) is 95.2 Å². The van der Waals surface area contributed by atoms with E-state index in [-0.39, 0.29) is 18.1 Å². The van der Waals surface area contributed by atoms with Crippen LogP contribution in [0.5, 0.6) is 5.75 Å². The molecular formula is C23H15FN4O2. The number of nitrogens with zero attached hydrogens (tertiary/aromatic N) is 3. The quantitative estimate of drug-likeness (QED) is 0.704. The van der Waals surface area contributed by atoms with Gasteiger partial charge < -0.3 is 15.2 Å². The Hall–Kier alpha value is -4.18. The van der Waals surface area contributed by atoms with Crippen LogP contribution in [0.15, 0.2) is 78.2 Å². The molecule has 3 heterocycles. The Labute approximate surface area is 171 Å². The van der Waals surface area contributed by atoms with Gasteiger partial charge >= 0.3 is 0 Å². The number of benzene rings is 2. The van der Waals surface area contributed by atoms with Gasteiger partial charge in [0.25, 0.3) is 0 Å². The highest BCUT2D eigenvalue weighted by Gasteiger charge is 2.38. The van der Waals surface area contributed by atoms with Crippen LogP contribution in [0.2, 0.25) is 0 Å². The van der Waals surface area contributed by atoms with E-state index < -0.39 is 11.7 Å². The van der Waals surface area contributed by atoms with Gasteiger partial charge in [-0.1, -0.05) is 24.3 Å². The van der Waals surface area contributed by atoms with Crippen LogP contribution in [0.3, 0.4) is 0 Å². The minimum atomic E-state index is -0.701. The Morgan fingerprint density at radius 1 is 1.10 bits per heavy atom. The van der Waals surface area contributed by atoms with Crippen molar-refractivity contribution in [3.8, 4) is 22.9 Å². The summed E-state index contributed by atoms with van der Waals surface area (Å²) in [6.07, 6.45) is 4.64. The molecular weight excluding hydrogens is 383 g/mol. The van der Waals surface area contributed by atoms with Crippen molar-refractivity contribution in [1.29, 1.82) is 5.26 Å². The van der Waals surface area contributed by atoms with E-state index in [0.717, 1.165) is 5.56 Å². The van der Waals surface area contributed by atoms with E-state index in [9.17, 15) is 5.26 Å². The molecule has 0 amide bonds. The van der Waals surface area contributed by atoms with E-state index in [1.54, 1.807) is 24.5 Å². The fraction of sp³-hybridized carbons (Fsp3) is 0.0870. The molecule has 0 saturated heterocycles. The fourth-order valence-corrected chi connectivity index (χ4v) is 3.84. The molecule has 0 saturated carbocycles. The number of allylic oxidation sites excluding steroid dienone is 1. The van der Waals surface area contributed by atoms with Gasteiger partial charge in [-0.3, -0.25) is 0 Å². The molecule has 2 N–H and O–H groups in total. The Morgan fingerprint density at radius 2 is 1.90 bits per heavy atom. The molecule has 1 unspecified atom stereocenters. The molecule has 0 aliphatic carbocycles. The molecule has 0 spiro atoms. The van der Waals surface area contributed by atoms with Gasteiger partial charge in [-0.05, 0) is 23.8 Å². The molecule has 2 aliphatic heterocycles. The van der Waals surface area contributed by atoms with E-state index in [1.165, 1.54) is 12.4 Å². The van der Waals surface area contributed by atoms with Gasteiger partial charge in [-0.2, -0.15) is 5.26 Å².